The predicted octanol–water partition coefficient (Wildman–Crippen LogP) is 3.16. The minimum absolute atomic E-state index is 0.263. The largest absolute Gasteiger partial charge is 0.508 e. The van der Waals surface area contributed by atoms with Crippen LogP contribution in [-0.4, -0.2) is 16.2 Å². The lowest BCUT2D eigenvalue weighted by molar-refractivity contribution is -0.141. The summed E-state index contributed by atoms with van der Waals surface area (Å²) in [6.07, 6.45) is 3.19. The Morgan fingerprint density at radius 2 is 2.06 bits per heavy atom. The molecule has 0 fully saturated rings. The van der Waals surface area contributed by atoms with Crippen LogP contribution in [0, 0.1) is 5.92 Å². The number of rotatable bonds is 5. The molecule has 0 heterocycles. The maximum Gasteiger partial charge on any atom is 0.306 e. The van der Waals surface area contributed by atoms with Crippen molar-refractivity contribution < 1.29 is 15.0 Å². The molecular weight excluding hydrogens is 228 g/mol. The van der Waals surface area contributed by atoms with Crippen LogP contribution in [0.25, 0.3) is 0 Å². The van der Waals surface area contributed by atoms with Gasteiger partial charge in [0, 0.05) is 0 Å². The first-order valence-electron chi connectivity index (χ1n) is 6.07. The van der Waals surface area contributed by atoms with Gasteiger partial charge in [-0.25, -0.2) is 0 Å². The number of benzene rings is 1. The molecule has 0 radical (unpaired) electrons. The molecule has 0 spiro atoms. The van der Waals surface area contributed by atoms with Gasteiger partial charge in [-0.15, -0.1) is 0 Å². The minimum atomic E-state index is -0.797. The van der Waals surface area contributed by atoms with Crippen molar-refractivity contribution >= 4 is 5.97 Å². The van der Waals surface area contributed by atoms with Crippen LogP contribution in [0.3, 0.4) is 0 Å². The van der Waals surface area contributed by atoms with Crippen molar-refractivity contribution in [2.75, 3.05) is 0 Å². The van der Waals surface area contributed by atoms with Crippen LogP contribution >= 0.6 is 0 Å². The van der Waals surface area contributed by atoms with Gasteiger partial charge in [0.05, 0.1) is 5.92 Å². The molecule has 3 heteroatoms. The molecule has 0 aromatic heterocycles. The fourth-order valence-electron chi connectivity index (χ4n) is 1.68. The number of phenols is 1. The van der Waals surface area contributed by atoms with Crippen LogP contribution in [0.1, 0.15) is 31.9 Å². The van der Waals surface area contributed by atoms with E-state index < -0.39 is 11.9 Å². The van der Waals surface area contributed by atoms with Crippen LogP contribution < -0.4 is 0 Å². The third kappa shape index (κ3) is 4.24. The molecule has 18 heavy (non-hydrogen) atoms. The van der Waals surface area contributed by atoms with Crippen LogP contribution in [0.15, 0.2) is 29.8 Å². The highest BCUT2D eigenvalue weighted by Gasteiger charge is 2.12. The highest BCUT2D eigenvalue weighted by Crippen LogP contribution is 2.21. The van der Waals surface area contributed by atoms with Gasteiger partial charge in [-0.05, 0) is 43.9 Å². The van der Waals surface area contributed by atoms with Crippen LogP contribution in [-0.2, 0) is 17.6 Å². The number of aromatic hydroxyl groups is 1. The summed E-state index contributed by atoms with van der Waals surface area (Å²) in [4.78, 5) is 10.8. The molecule has 3 nitrogen and oxygen atoms in total. The average molecular weight is 248 g/mol. The quantitative estimate of drug-likeness (QED) is 0.787. The van der Waals surface area contributed by atoms with Crippen molar-refractivity contribution in [2.45, 2.75) is 33.6 Å². The molecule has 0 saturated carbocycles. The number of aliphatic carboxylic acids is 1. The van der Waals surface area contributed by atoms with Crippen molar-refractivity contribution in [2.24, 2.45) is 5.92 Å². The van der Waals surface area contributed by atoms with Gasteiger partial charge in [0.25, 0.3) is 0 Å². The highest BCUT2D eigenvalue weighted by molar-refractivity contribution is 5.69. The fraction of sp³-hybridized carbons (Fsp3) is 0.400. The van der Waals surface area contributed by atoms with E-state index in [0.717, 1.165) is 11.1 Å². The maximum atomic E-state index is 10.8. The molecule has 1 atom stereocenters. The van der Waals surface area contributed by atoms with E-state index in [1.165, 1.54) is 5.57 Å². The van der Waals surface area contributed by atoms with Gasteiger partial charge in [-0.1, -0.05) is 30.7 Å². The zero-order valence-corrected chi connectivity index (χ0v) is 11.1. The van der Waals surface area contributed by atoms with Crippen molar-refractivity contribution in [1.82, 2.24) is 0 Å². The monoisotopic (exact) mass is 248 g/mol. The molecule has 98 valence electrons. The highest BCUT2D eigenvalue weighted by atomic mass is 16.4. The topological polar surface area (TPSA) is 57.5 Å². The minimum Gasteiger partial charge on any atom is -0.508 e. The van der Waals surface area contributed by atoms with Gasteiger partial charge in [-0.3, -0.25) is 4.79 Å². The molecule has 1 aromatic rings. The van der Waals surface area contributed by atoms with Crippen LogP contribution in [0.5, 0.6) is 5.75 Å². The van der Waals surface area contributed by atoms with E-state index >= 15 is 0 Å². The molecule has 0 saturated heterocycles. The molecule has 1 aromatic carbocycles. The number of allylic oxidation sites excluding steroid dienone is 2. The zero-order chi connectivity index (χ0) is 13.7. The Kier molecular flexibility index (Phi) is 4.95. The van der Waals surface area contributed by atoms with E-state index in [9.17, 15) is 9.90 Å². The molecular formula is C15H20O3. The van der Waals surface area contributed by atoms with Crippen molar-refractivity contribution in [3.05, 3.63) is 41.0 Å². The molecule has 0 amide bonds. The lowest BCUT2D eigenvalue weighted by atomic mass is 9.98. The Morgan fingerprint density at radius 1 is 1.39 bits per heavy atom. The summed E-state index contributed by atoms with van der Waals surface area (Å²) in [5.41, 5.74) is 2.98. The summed E-state index contributed by atoms with van der Waals surface area (Å²) in [5, 5.41) is 18.6. The van der Waals surface area contributed by atoms with Crippen molar-refractivity contribution in [3.63, 3.8) is 0 Å². The number of carbonyl (C=O) groups is 1. The first kappa shape index (κ1) is 14.3. The summed E-state index contributed by atoms with van der Waals surface area (Å²) >= 11 is 0. The normalized spacial score (nSPS) is 11.9. The van der Waals surface area contributed by atoms with E-state index in [4.69, 9.17) is 5.11 Å². The second-order valence-electron chi connectivity index (χ2n) is 4.89. The van der Waals surface area contributed by atoms with Gasteiger partial charge in [-0.2, -0.15) is 0 Å². The van der Waals surface area contributed by atoms with Gasteiger partial charge in [0.15, 0.2) is 0 Å². The van der Waals surface area contributed by atoms with Crippen LogP contribution in [0.4, 0.5) is 0 Å². The third-order valence-corrected chi connectivity index (χ3v) is 2.84. The third-order valence-electron chi connectivity index (χ3n) is 2.84. The summed E-state index contributed by atoms with van der Waals surface area (Å²) in [6, 6.07) is 5.30. The molecule has 1 rings (SSSR count). The number of hydrogen-bond acceptors (Lipinski definition) is 2. The van der Waals surface area contributed by atoms with Crippen LogP contribution in [0.2, 0.25) is 0 Å². The Hall–Kier alpha value is -1.77. The Bertz CT molecular complexity index is 457. The molecule has 0 aliphatic heterocycles. The summed E-state index contributed by atoms with van der Waals surface area (Å²) in [6.45, 7) is 5.70. The molecule has 0 bridgehead atoms. The molecule has 0 aliphatic carbocycles. The Morgan fingerprint density at radius 3 is 2.61 bits per heavy atom. The molecule has 2 N–H and O–H groups in total. The second-order valence-corrected chi connectivity index (χ2v) is 4.89. The number of carboxylic acids is 1. The fourth-order valence-corrected chi connectivity index (χ4v) is 1.68. The van der Waals surface area contributed by atoms with E-state index in [0.29, 0.717) is 12.8 Å². The summed E-state index contributed by atoms with van der Waals surface area (Å²) in [5.74, 6) is -0.945. The first-order chi connectivity index (χ1) is 8.40. The van der Waals surface area contributed by atoms with Gasteiger partial charge in [0.2, 0.25) is 0 Å². The number of hydrogen-bond donors (Lipinski definition) is 2. The summed E-state index contributed by atoms with van der Waals surface area (Å²) in [7, 11) is 0. The Labute approximate surface area is 108 Å². The van der Waals surface area contributed by atoms with Gasteiger partial charge < -0.3 is 10.2 Å². The maximum absolute atomic E-state index is 10.8. The lowest BCUT2D eigenvalue weighted by Gasteiger charge is -2.09. The van der Waals surface area contributed by atoms with E-state index in [1.807, 2.05) is 26.0 Å². The standard InChI is InChI=1S/C15H20O3/c1-10(2)4-6-13-9-12(5-7-14(13)16)8-11(3)15(17)18/h4-5,7,9,11,16H,6,8H2,1-3H3,(H,17,18). The zero-order valence-electron chi connectivity index (χ0n) is 11.1. The van der Waals surface area contributed by atoms with Gasteiger partial charge >= 0.3 is 5.97 Å². The van der Waals surface area contributed by atoms with E-state index in [2.05, 4.69) is 0 Å². The average Bonchev–Trinajstić information content (AvgIpc) is 2.29. The second kappa shape index (κ2) is 6.24. The molecule has 1 unspecified atom stereocenters. The first-order valence-corrected chi connectivity index (χ1v) is 6.07. The Balaban J connectivity index is 2.86. The predicted molar refractivity (Wildman–Crippen MR) is 71.7 cm³/mol. The number of phenolic OH excluding ortho intramolecular Hbond substituents is 1. The summed E-state index contributed by atoms with van der Waals surface area (Å²) < 4.78 is 0. The van der Waals surface area contributed by atoms with Gasteiger partial charge in [0.1, 0.15) is 5.75 Å². The van der Waals surface area contributed by atoms with E-state index in [1.54, 1.807) is 19.1 Å². The SMILES string of the molecule is CC(C)=CCc1cc(CC(C)C(=O)O)ccc1O. The lowest BCUT2D eigenvalue weighted by Crippen LogP contribution is -2.12. The number of carboxylic acid groups (broad SMARTS) is 1. The molecule has 0 aliphatic rings. The van der Waals surface area contributed by atoms with Crippen molar-refractivity contribution in [3.8, 4) is 5.75 Å². The van der Waals surface area contributed by atoms with Crippen molar-refractivity contribution in [1.29, 1.82) is 0 Å². The van der Waals surface area contributed by atoms with E-state index in [-0.39, 0.29) is 5.75 Å². The smallest absolute Gasteiger partial charge is 0.306 e.